The van der Waals surface area contributed by atoms with Crippen LogP contribution in [0.5, 0.6) is 0 Å². The number of aliphatic hydroxyl groups excluding tert-OH is 1. The third-order valence-electron chi connectivity index (χ3n) is 9.17. The predicted octanol–water partition coefficient (Wildman–Crippen LogP) is 1.52. The summed E-state index contributed by atoms with van der Waals surface area (Å²) in [4.78, 5) is 50.2. The molecule has 1 N–H and O–H groups in total. The molecular formula is C30H47BrN4O6. The van der Waals surface area contributed by atoms with Crippen LogP contribution in [0.2, 0.25) is 0 Å². The molecule has 11 heteroatoms. The van der Waals surface area contributed by atoms with Crippen molar-refractivity contribution in [1.29, 1.82) is 0 Å². The van der Waals surface area contributed by atoms with Crippen molar-refractivity contribution in [3.05, 3.63) is 25.3 Å². The van der Waals surface area contributed by atoms with Crippen LogP contribution in [0.25, 0.3) is 0 Å². The molecule has 0 aliphatic carbocycles. The molecule has 4 heterocycles. The maximum atomic E-state index is 14.6. The molecule has 1 spiro atoms. The largest absolute Gasteiger partial charge is 0.394 e. The van der Waals surface area contributed by atoms with Gasteiger partial charge in [0.2, 0.25) is 17.7 Å². The van der Waals surface area contributed by atoms with Crippen LogP contribution in [-0.4, -0.2) is 137 Å². The molecule has 3 amide bonds. The number of ether oxygens (including phenoxy) is 2. The molecule has 4 fully saturated rings. The Balaban J connectivity index is 1.73. The van der Waals surface area contributed by atoms with E-state index in [1.807, 2.05) is 20.8 Å². The molecule has 230 valence electrons. The minimum atomic E-state index is -1.17. The number of nitrogens with zero attached hydrogens (tertiary/aromatic N) is 4. The van der Waals surface area contributed by atoms with Gasteiger partial charge >= 0.3 is 0 Å². The summed E-state index contributed by atoms with van der Waals surface area (Å²) in [6.45, 7) is 18.6. The Morgan fingerprint density at radius 2 is 1.78 bits per heavy atom. The lowest BCUT2D eigenvalue weighted by Crippen LogP contribution is -2.60. The van der Waals surface area contributed by atoms with Crippen molar-refractivity contribution in [2.24, 2.45) is 17.8 Å². The number of amides is 3. The van der Waals surface area contributed by atoms with Crippen LogP contribution in [0.3, 0.4) is 0 Å². The minimum absolute atomic E-state index is 0.112. The summed E-state index contributed by atoms with van der Waals surface area (Å²) in [5.41, 5.74) is -1.17. The molecule has 7 atom stereocenters. The summed E-state index contributed by atoms with van der Waals surface area (Å²) in [5.74, 6) is -2.28. The average Bonchev–Trinajstić information content (AvgIpc) is 3.54. The van der Waals surface area contributed by atoms with Gasteiger partial charge in [-0.3, -0.25) is 19.3 Å². The van der Waals surface area contributed by atoms with Crippen LogP contribution in [0.15, 0.2) is 25.3 Å². The normalized spacial score (nSPS) is 31.8. The van der Waals surface area contributed by atoms with Gasteiger partial charge in [0.05, 0.1) is 43.8 Å². The predicted molar refractivity (Wildman–Crippen MR) is 159 cm³/mol. The summed E-state index contributed by atoms with van der Waals surface area (Å²) >= 11 is 3.76. The van der Waals surface area contributed by atoms with Gasteiger partial charge in [0.25, 0.3) is 0 Å². The van der Waals surface area contributed by atoms with E-state index in [9.17, 15) is 19.5 Å². The summed E-state index contributed by atoms with van der Waals surface area (Å²) in [7, 11) is 0. The van der Waals surface area contributed by atoms with Crippen LogP contribution in [0.4, 0.5) is 0 Å². The minimum Gasteiger partial charge on any atom is -0.394 e. The zero-order valence-corrected chi connectivity index (χ0v) is 26.3. The number of rotatable bonds is 14. The van der Waals surface area contributed by atoms with E-state index in [0.717, 1.165) is 19.5 Å². The molecule has 3 unspecified atom stereocenters. The van der Waals surface area contributed by atoms with Crippen molar-refractivity contribution >= 4 is 33.7 Å². The third kappa shape index (κ3) is 5.89. The Bertz CT molecular complexity index is 990. The van der Waals surface area contributed by atoms with Gasteiger partial charge in [-0.15, -0.1) is 13.2 Å². The number of likely N-dealkylation sites (tertiary alicyclic amines) is 1. The van der Waals surface area contributed by atoms with Gasteiger partial charge in [-0.25, -0.2) is 0 Å². The Labute approximate surface area is 252 Å². The topological polar surface area (TPSA) is 103 Å². The van der Waals surface area contributed by atoms with Crippen LogP contribution in [0, 0.1) is 17.8 Å². The second kappa shape index (κ2) is 13.7. The van der Waals surface area contributed by atoms with Crippen molar-refractivity contribution in [1.82, 2.24) is 19.6 Å². The molecule has 4 aliphatic heterocycles. The van der Waals surface area contributed by atoms with Gasteiger partial charge in [0.15, 0.2) is 0 Å². The highest BCUT2D eigenvalue weighted by Crippen LogP contribution is 2.61. The first-order chi connectivity index (χ1) is 19.7. The second-order valence-corrected chi connectivity index (χ2v) is 13.2. The van der Waals surface area contributed by atoms with Crippen LogP contribution in [-0.2, 0) is 23.9 Å². The SMILES string of the molecule is C=CCN(CCN1CCOCC1)C(=O)C1N([C@@H](CO)C(C)C)C(=O)[C@@H]2[C@@H](C(=O)N(CC=C)CCC)[C@@H]3OC12CC3Br. The zero-order valence-electron chi connectivity index (χ0n) is 24.8. The van der Waals surface area contributed by atoms with Gasteiger partial charge in [-0.2, -0.15) is 0 Å². The van der Waals surface area contributed by atoms with Gasteiger partial charge in [0, 0.05) is 50.6 Å². The highest BCUT2D eigenvalue weighted by Gasteiger charge is 2.77. The van der Waals surface area contributed by atoms with Crippen LogP contribution >= 0.6 is 15.9 Å². The summed E-state index contributed by atoms with van der Waals surface area (Å²) in [6.07, 6.45) is 4.07. The number of alkyl halides is 1. The second-order valence-electron chi connectivity index (χ2n) is 12.0. The number of hydrogen-bond acceptors (Lipinski definition) is 7. The molecule has 41 heavy (non-hydrogen) atoms. The molecule has 0 aromatic carbocycles. The van der Waals surface area contributed by atoms with E-state index < -0.39 is 35.6 Å². The lowest BCUT2D eigenvalue weighted by atomic mass is 9.70. The fourth-order valence-electron chi connectivity index (χ4n) is 7.24. The van der Waals surface area contributed by atoms with E-state index >= 15 is 0 Å². The van der Waals surface area contributed by atoms with E-state index in [1.54, 1.807) is 26.9 Å². The first-order valence-corrected chi connectivity index (χ1v) is 15.9. The standard InChI is InChI=1S/C30H47BrN4O6/c1-6-9-33(10-7-2)27(37)23-24-28(38)35(22(19-36)20(4)5)26(30(24)18-21(31)25(23)41-30)29(39)34(11-8-3)13-12-32-14-16-40-17-15-32/h6,8,20-26,36H,1,3,7,9-19H2,2,4-5H3/t21?,22-,23+,24-,25+,26?,30?/m0/s1. The molecular weight excluding hydrogens is 592 g/mol. The van der Waals surface area contributed by atoms with Gasteiger partial charge in [-0.1, -0.05) is 48.9 Å². The average molecular weight is 640 g/mol. The maximum absolute atomic E-state index is 14.6. The zero-order chi connectivity index (χ0) is 29.9. The fourth-order valence-corrected chi connectivity index (χ4v) is 8.18. The Morgan fingerprint density at radius 3 is 2.34 bits per heavy atom. The lowest BCUT2D eigenvalue weighted by molar-refractivity contribution is -0.153. The lowest BCUT2D eigenvalue weighted by Gasteiger charge is -2.41. The van der Waals surface area contributed by atoms with E-state index in [4.69, 9.17) is 9.47 Å². The molecule has 4 saturated heterocycles. The number of hydrogen-bond donors (Lipinski definition) is 1. The van der Waals surface area contributed by atoms with Crippen molar-refractivity contribution in [3.8, 4) is 0 Å². The van der Waals surface area contributed by atoms with Crippen molar-refractivity contribution in [3.63, 3.8) is 0 Å². The number of carbonyl (C=O) groups excluding carboxylic acids is 3. The number of carbonyl (C=O) groups is 3. The van der Waals surface area contributed by atoms with Gasteiger partial charge < -0.3 is 29.3 Å². The van der Waals surface area contributed by atoms with E-state index in [0.29, 0.717) is 52.4 Å². The highest BCUT2D eigenvalue weighted by atomic mass is 79.9. The maximum Gasteiger partial charge on any atom is 0.248 e. The van der Waals surface area contributed by atoms with Crippen molar-refractivity contribution in [2.45, 2.75) is 62.2 Å². The first kappa shape index (κ1) is 32.1. The monoisotopic (exact) mass is 638 g/mol. The molecule has 4 aliphatic rings. The van der Waals surface area contributed by atoms with Crippen LogP contribution < -0.4 is 0 Å². The molecule has 10 nitrogen and oxygen atoms in total. The molecule has 4 rings (SSSR count). The third-order valence-corrected chi connectivity index (χ3v) is 10.0. The molecule has 0 saturated carbocycles. The number of aliphatic hydroxyl groups is 1. The van der Waals surface area contributed by atoms with Gasteiger partial charge in [-0.05, 0) is 18.8 Å². The van der Waals surface area contributed by atoms with E-state index in [1.165, 1.54) is 0 Å². The van der Waals surface area contributed by atoms with E-state index in [2.05, 4.69) is 34.0 Å². The number of halogens is 1. The van der Waals surface area contributed by atoms with Gasteiger partial charge in [0.1, 0.15) is 11.6 Å². The Kier molecular flexibility index (Phi) is 10.7. The smallest absolute Gasteiger partial charge is 0.248 e. The Morgan fingerprint density at radius 1 is 1.15 bits per heavy atom. The van der Waals surface area contributed by atoms with Crippen molar-refractivity contribution < 1.29 is 29.0 Å². The summed E-state index contributed by atoms with van der Waals surface area (Å²) in [5, 5.41) is 10.5. The molecule has 2 bridgehead atoms. The quantitative estimate of drug-likeness (QED) is 0.227. The van der Waals surface area contributed by atoms with Crippen molar-refractivity contribution in [2.75, 3.05) is 65.6 Å². The molecule has 0 aromatic rings. The summed E-state index contributed by atoms with van der Waals surface area (Å²) in [6, 6.07) is -1.54. The fraction of sp³-hybridized carbons (Fsp3) is 0.767. The number of morpholine rings is 1. The summed E-state index contributed by atoms with van der Waals surface area (Å²) < 4.78 is 12.2. The van der Waals surface area contributed by atoms with Crippen LogP contribution in [0.1, 0.15) is 33.6 Å². The highest BCUT2D eigenvalue weighted by molar-refractivity contribution is 9.09. The molecule has 0 aromatic heterocycles. The number of fused-ring (bicyclic) bond motifs is 1. The Hall–Kier alpha value is -1.79. The first-order valence-electron chi connectivity index (χ1n) is 15.0. The van der Waals surface area contributed by atoms with E-state index in [-0.39, 0.29) is 35.1 Å². The molecule has 0 radical (unpaired) electrons.